The molecule has 3 heteroatoms. The molecule has 0 unspecified atom stereocenters. The number of allylic oxidation sites excluding steroid dienone is 2. The predicted octanol–water partition coefficient (Wildman–Crippen LogP) is 2.57. The second-order valence-electron chi connectivity index (χ2n) is 2.98. The first-order valence-electron chi connectivity index (χ1n) is 5.16. The molecule has 0 N–H and O–H groups in total. The molecule has 0 aromatic carbocycles. The van der Waals surface area contributed by atoms with Crippen LogP contribution in [0.25, 0.3) is 0 Å². The summed E-state index contributed by atoms with van der Waals surface area (Å²) in [6.07, 6.45) is 4.58. The third-order valence-corrected chi connectivity index (χ3v) is 4.01. The molecule has 0 heterocycles. The SMILES string of the molecule is CCCC=C(C)[SiH](OCC)OCC. The predicted molar refractivity (Wildman–Crippen MR) is 59.1 cm³/mol. The number of hydrogen-bond donors (Lipinski definition) is 0. The fourth-order valence-electron chi connectivity index (χ4n) is 1.08. The molecule has 0 bridgehead atoms. The fraction of sp³-hybridized carbons (Fsp3) is 0.800. The van der Waals surface area contributed by atoms with Gasteiger partial charge in [0.15, 0.2) is 0 Å². The fourth-order valence-corrected chi connectivity index (χ4v) is 2.67. The van der Waals surface area contributed by atoms with Crippen LogP contribution in [-0.4, -0.2) is 22.5 Å². The monoisotopic (exact) mass is 202 g/mol. The Morgan fingerprint density at radius 2 is 1.69 bits per heavy atom. The minimum absolute atomic E-state index is 0.758. The van der Waals surface area contributed by atoms with Gasteiger partial charge >= 0.3 is 9.28 Å². The Hall–Kier alpha value is -0.123. The van der Waals surface area contributed by atoms with E-state index in [1.807, 2.05) is 13.8 Å². The Kier molecular flexibility index (Phi) is 8.39. The molecule has 0 aliphatic rings. The van der Waals surface area contributed by atoms with E-state index >= 15 is 0 Å². The molecule has 78 valence electrons. The molecule has 13 heavy (non-hydrogen) atoms. The van der Waals surface area contributed by atoms with E-state index in [1.165, 1.54) is 11.6 Å². The van der Waals surface area contributed by atoms with Crippen LogP contribution in [0.1, 0.15) is 40.5 Å². The molecular formula is C10H22O2Si. The van der Waals surface area contributed by atoms with Gasteiger partial charge in [-0.25, -0.2) is 0 Å². The Morgan fingerprint density at radius 1 is 1.15 bits per heavy atom. The maximum Gasteiger partial charge on any atom is 0.351 e. The smallest absolute Gasteiger partial charge is 0.351 e. The zero-order valence-electron chi connectivity index (χ0n) is 9.30. The van der Waals surface area contributed by atoms with E-state index < -0.39 is 9.28 Å². The molecule has 0 aromatic heterocycles. The standard InChI is InChI=1S/C10H22O2Si/c1-5-8-9-10(4)13(11-6-2)12-7-3/h9,13H,5-8H2,1-4H3. The summed E-state index contributed by atoms with van der Waals surface area (Å²) in [7, 11) is -1.50. The van der Waals surface area contributed by atoms with Crippen molar-refractivity contribution in [1.29, 1.82) is 0 Å². The Labute approximate surface area is 83.8 Å². The lowest BCUT2D eigenvalue weighted by Gasteiger charge is -2.15. The van der Waals surface area contributed by atoms with Crippen LogP contribution in [0, 0.1) is 0 Å². The maximum absolute atomic E-state index is 5.59. The Morgan fingerprint density at radius 3 is 2.08 bits per heavy atom. The minimum Gasteiger partial charge on any atom is -0.394 e. The van der Waals surface area contributed by atoms with Gasteiger partial charge in [-0.2, -0.15) is 0 Å². The molecule has 0 aromatic rings. The van der Waals surface area contributed by atoms with Crippen molar-refractivity contribution in [2.45, 2.75) is 40.5 Å². The first kappa shape index (κ1) is 12.9. The highest BCUT2D eigenvalue weighted by Gasteiger charge is 2.13. The van der Waals surface area contributed by atoms with Crippen LogP contribution in [0.4, 0.5) is 0 Å². The highest BCUT2D eigenvalue weighted by Crippen LogP contribution is 2.05. The van der Waals surface area contributed by atoms with Crippen LogP contribution in [0.5, 0.6) is 0 Å². The van der Waals surface area contributed by atoms with E-state index in [2.05, 4.69) is 19.9 Å². The molecule has 0 radical (unpaired) electrons. The summed E-state index contributed by atoms with van der Waals surface area (Å²) in [4.78, 5) is 0. The van der Waals surface area contributed by atoms with Crippen LogP contribution in [0.15, 0.2) is 11.3 Å². The largest absolute Gasteiger partial charge is 0.394 e. The molecule has 0 saturated heterocycles. The molecule has 0 aliphatic heterocycles. The zero-order chi connectivity index (χ0) is 10.1. The van der Waals surface area contributed by atoms with E-state index in [0.29, 0.717) is 0 Å². The lowest BCUT2D eigenvalue weighted by molar-refractivity contribution is 0.221. The van der Waals surface area contributed by atoms with E-state index in [0.717, 1.165) is 19.6 Å². The Bertz CT molecular complexity index is 140. The van der Waals surface area contributed by atoms with Crippen molar-refractivity contribution in [3.05, 3.63) is 11.3 Å². The van der Waals surface area contributed by atoms with Crippen LogP contribution >= 0.6 is 0 Å². The molecule has 0 fully saturated rings. The third kappa shape index (κ3) is 6.02. The van der Waals surface area contributed by atoms with E-state index in [1.54, 1.807) is 0 Å². The first-order chi connectivity index (χ1) is 6.26. The lowest BCUT2D eigenvalue weighted by Crippen LogP contribution is -2.24. The topological polar surface area (TPSA) is 18.5 Å². The number of unbranched alkanes of at least 4 members (excludes halogenated alkanes) is 1. The van der Waals surface area contributed by atoms with Gasteiger partial charge in [-0.15, -0.1) is 0 Å². The van der Waals surface area contributed by atoms with Gasteiger partial charge in [0.05, 0.1) is 0 Å². The van der Waals surface area contributed by atoms with Crippen molar-refractivity contribution < 1.29 is 8.85 Å². The summed E-state index contributed by atoms with van der Waals surface area (Å²) in [5, 5.41) is 1.32. The molecule has 2 nitrogen and oxygen atoms in total. The molecule has 0 amide bonds. The summed E-state index contributed by atoms with van der Waals surface area (Å²) in [6, 6.07) is 0. The van der Waals surface area contributed by atoms with Crippen LogP contribution in [0.3, 0.4) is 0 Å². The van der Waals surface area contributed by atoms with E-state index in [-0.39, 0.29) is 0 Å². The summed E-state index contributed by atoms with van der Waals surface area (Å²) in [6.45, 7) is 9.86. The molecular weight excluding hydrogens is 180 g/mol. The van der Waals surface area contributed by atoms with Gasteiger partial charge in [0.25, 0.3) is 0 Å². The van der Waals surface area contributed by atoms with Crippen LogP contribution in [0.2, 0.25) is 0 Å². The van der Waals surface area contributed by atoms with Gasteiger partial charge in [-0.05, 0) is 32.4 Å². The molecule has 0 saturated carbocycles. The zero-order valence-corrected chi connectivity index (χ0v) is 10.5. The van der Waals surface area contributed by atoms with Crippen molar-refractivity contribution in [2.24, 2.45) is 0 Å². The molecule has 0 spiro atoms. The normalized spacial score (nSPS) is 12.5. The van der Waals surface area contributed by atoms with Crippen molar-refractivity contribution in [3.8, 4) is 0 Å². The van der Waals surface area contributed by atoms with Gasteiger partial charge < -0.3 is 8.85 Å². The van der Waals surface area contributed by atoms with Crippen molar-refractivity contribution in [3.63, 3.8) is 0 Å². The molecule has 0 atom stereocenters. The lowest BCUT2D eigenvalue weighted by atomic mass is 10.3. The average molecular weight is 202 g/mol. The summed E-state index contributed by atoms with van der Waals surface area (Å²) in [5.41, 5.74) is 0. The summed E-state index contributed by atoms with van der Waals surface area (Å²) < 4.78 is 11.2. The first-order valence-corrected chi connectivity index (χ1v) is 6.68. The number of rotatable bonds is 7. The highest BCUT2D eigenvalue weighted by molar-refractivity contribution is 6.53. The minimum atomic E-state index is -1.50. The second kappa shape index (κ2) is 8.47. The second-order valence-corrected chi connectivity index (χ2v) is 5.22. The maximum atomic E-state index is 5.59. The van der Waals surface area contributed by atoms with Gasteiger partial charge in [0.1, 0.15) is 0 Å². The molecule has 0 aliphatic carbocycles. The summed E-state index contributed by atoms with van der Waals surface area (Å²) >= 11 is 0. The van der Waals surface area contributed by atoms with Gasteiger partial charge in [-0.1, -0.05) is 19.4 Å². The van der Waals surface area contributed by atoms with Crippen LogP contribution < -0.4 is 0 Å². The summed E-state index contributed by atoms with van der Waals surface area (Å²) in [5.74, 6) is 0. The number of hydrogen-bond acceptors (Lipinski definition) is 2. The third-order valence-electron chi connectivity index (χ3n) is 1.76. The van der Waals surface area contributed by atoms with Crippen molar-refractivity contribution in [2.75, 3.05) is 13.2 Å². The van der Waals surface area contributed by atoms with Gasteiger partial charge in [-0.3, -0.25) is 0 Å². The van der Waals surface area contributed by atoms with E-state index in [9.17, 15) is 0 Å². The average Bonchev–Trinajstić information content (AvgIpc) is 2.14. The van der Waals surface area contributed by atoms with Crippen molar-refractivity contribution >= 4 is 9.28 Å². The van der Waals surface area contributed by atoms with Crippen LogP contribution in [-0.2, 0) is 8.85 Å². The highest BCUT2D eigenvalue weighted by atomic mass is 28.3. The van der Waals surface area contributed by atoms with Gasteiger partial charge in [0.2, 0.25) is 0 Å². The molecule has 0 rings (SSSR count). The Balaban J connectivity index is 4.00. The quantitative estimate of drug-likeness (QED) is 0.591. The van der Waals surface area contributed by atoms with E-state index in [4.69, 9.17) is 8.85 Å². The van der Waals surface area contributed by atoms with Crippen molar-refractivity contribution in [1.82, 2.24) is 0 Å². The van der Waals surface area contributed by atoms with Gasteiger partial charge in [0, 0.05) is 13.2 Å².